The Labute approximate surface area is 103 Å². The van der Waals surface area contributed by atoms with Crippen molar-refractivity contribution in [2.45, 2.75) is 25.9 Å². The van der Waals surface area contributed by atoms with Gasteiger partial charge in [-0.2, -0.15) is 0 Å². The van der Waals surface area contributed by atoms with Crippen molar-refractivity contribution in [1.82, 2.24) is 5.32 Å². The predicted octanol–water partition coefficient (Wildman–Crippen LogP) is 1.98. The molecule has 1 aromatic carbocycles. The summed E-state index contributed by atoms with van der Waals surface area (Å²) >= 11 is 0. The first-order chi connectivity index (χ1) is 7.30. The summed E-state index contributed by atoms with van der Waals surface area (Å²) in [6.45, 7) is 3.00. The van der Waals surface area contributed by atoms with Gasteiger partial charge in [0.25, 0.3) is 0 Å². The van der Waals surface area contributed by atoms with Crippen LogP contribution in [0.5, 0.6) is 5.75 Å². The summed E-state index contributed by atoms with van der Waals surface area (Å²) in [6, 6.07) is 8.11. The highest BCUT2D eigenvalue weighted by atomic mass is 35.5. The Morgan fingerprint density at radius 2 is 2.19 bits per heavy atom. The van der Waals surface area contributed by atoms with Gasteiger partial charge in [0.2, 0.25) is 0 Å². The molecule has 0 aromatic heterocycles. The van der Waals surface area contributed by atoms with Crippen LogP contribution < -0.4 is 10.1 Å². The van der Waals surface area contributed by atoms with Crippen LogP contribution in [0.4, 0.5) is 0 Å². The molecule has 1 atom stereocenters. The van der Waals surface area contributed by atoms with Crippen molar-refractivity contribution < 1.29 is 9.84 Å². The summed E-state index contributed by atoms with van der Waals surface area (Å²) < 4.78 is 5.14. The lowest BCUT2D eigenvalue weighted by molar-refractivity contribution is 0.238. The molecule has 0 radical (unpaired) electrons. The van der Waals surface area contributed by atoms with E-state index < -0.39 is 0 Å². The molecule has 0 aliphatic heterocycles. The van der Waals surface area contributed by atoms with Gasteiger partial charge in [0.15, 0.2) is 0 Å². The van der Waals surface area contributed by atoms with E-state index >= 15 is 0 Å². The highest BCUT2D eigenvalue weighted by Crippen LogP contribution is 2.12. The molecule has 0 spiro atoms. The van der Waals surface area contributed by atoms with Crippen LogP contribution >= 0.6 is 12.4 Å². The maximum Gasteiger partial charge on any atom is 0.119 e. The van der Waals surface area contributed by atoms with Crippen molar-refractivity contribution in [1.29, 1.82) is 0 Å². The molecular weight excluding hydrogens is 226 g/mol. The second-order valence-corrected chi connectivity index (χ2v) is 3.52. The molecular formula is C12H20ClNO2. The van der Waals surface area contributed by atoms with Crippen LogP contribution in [-0.2, 0) is 6.54 Å². The summed E-state index contributed by atoms with van der Waals surface area (Å²) in [6.07, 6.45) is 0.931. The first-order valence-electron chi connectivity index (χ1n) is 5.27. The normalized spacial score (nSPS) is 11.7. The molecule has 1 rings (SSSR count). The largest absolute Gasteiger partial charge is 0.497 e. The molecule has 0 amide bonds. The molecule has 3 nitrogen and oxygen atoms in total. The van der Waals surface area contributed by atoms with E-state index in [0.717, 1.165) is 18.7 Å². The SMILES string of the molecule is CCC(CO)NCc1cccc(OC)c1.Cl. The molecule has 1 unspecified atom stereocenters. The van der Waals surface area contributed by atoms with Gasteiger partial charge in [0.05, 0.1) is 13.7 Å². The number of aliphatic hydroxyl groups excluding tert-OH is 1. The maximum absolute atomic E-state index is 9.02. The molecule has 0 saturated heterocycles. The fraction of sp³-hybridized carbons (Fsp3) is 0.500. The van der Waals surface area contributed by atoms with Crippen molar-refractivity contribution in [3.63, 3.8) is 0 Å². The number of halogens is 1. The Kier molecular flexibility index (Phi) is 7.99. The number of ether oxygens (including phenoxy) is 1. The van der Waals surface area contributed by atoms with Gasteiger partial charge in [0.1, 0.15) is 5.75 Å². The minimum atomic E-state index is 0. The highest BCUT2D eigenvalue weighted by molar-refractivity contribution is 5.85. The predicted molar refractivity (Wildman–Crippen MR) is 68.2 cm³/mol. The number of hydrogen-bond donors (Lipinski definition) is 2. The van der Waals surface area contributed by atoms with Gasteiger partial charge in [0, 0.05) is 12.6 Å². The van der Waals surface area contributed by atoms with Crippen molar-refractivity contribution in [2.24, 2.45) is 0 Å². The van der Waals surface area contributed by atoms with Gasteiger partial charge in [-0.25, -0.2) is 0 Å². The molecule has 2 N–H and O–H groups in total. The summed E-state index contributed by atoms with van der Waals surface area (Å²) in [4.78, 5) is 0. The second-order valence-electron chi connectivity index (χ2n) is 3.52. The van der Waals surface area contributed by atoms with Crippen LogP contribution in [0.15, 0.2) is 24.3 Å². The van der Waals surface area contributed by atoms with Gasteiger partial charge < -0.3 is 15.2 Å². The number of benzene rings is 1. The lowest BCUT2D eigenvalue weighted by Crippen LogP contribution is -2.31. The number of methoxy groups -OCH3 is 1. The molecule has 0 fully saturated rings. The van der Waals surface area contributed by atoms with Crippen molar-refractivity contribution in [3.05, 3.63) is 29.8 Å². The first kappa shape index (κ1) is 15.2. The number of aliphatic hydroxyl groups is 1. The zero-order chi connectivity index (χ0) is 11.1. The molecule has 92 valence electrons. The van der Waals surface area contributed by atoms with Crippen LogP contribution in [0.3, 0.4) is 0 Å². The lowest BCUT2D eigenvalue weighted by atomic mass is 10.2. The lowest BCUT2D eigenvalue weighted by Gasteiger charge is -2.14. The molecule has 0 aliphatic carbocycles. The fourth-order valence-corrected chi connectivity index (χ4v) is 1.38. The smallest absolute Gasteiger partial charge is 0.119 e. The third kappa shape index (κ3) is 4.84. The van der Waals surface area contributed by atoms with Crippen LogP contribution in [-0.4, -0.2) is 24.9 Å². The van der Waals surface area contributed by atoms with E-state index in [0.29, 0.717) is 0 Å². The Morgan fingerprint density at radius 1 is 1.44 bits per heavy atom. The Morgan fingerprint density at radius 3 is 2.75 bits per heavy atom. The fourth-order valence-electron chi connectivity index (χ4n) is 1.38. The number of rotatable bonds is 6. The highest BCUT2D eigenvalue weighted by Gasteiger charge is 2.03. The van der Waals surface area contributed by atoms with E-state index in [2.05, 4.69) is 12.2 Å². The summed E-state index contributed by atoms with van der Waals surface area (Å²) in [7, 11) is 1.66. The molecule has 0 saturated carbocycles. The van der Waals surface area contributed by atoms with Crippen LogP contribution in [0.25, 0.3) is 0 Å². The summed E-state index contributed by atoms with van der Waals surface area (Å²) in [5.41, 5.74) is 1.17. The topological polar surface area (TPSA) is 41.5 Å². The van der Waals surface area contributed by atoms with Crippen molar-refractivity contribution in [2.75, 3.05) is 13.7 Å². The molecule has 0 bridgehead atoms. The van der Waals surface area contributed by atoms with E-state index in [-0.39, 0.29) is 25.1 Å². The van der Waals surface area contributed by atoms with E-state index in [9.17, 15) is 0 Å². The number of nitrogens with one attached hydrogen (secondary N) is 1. The quantitative estimate of drug-likeness (QED) is 0.805. The van der Waals surface area contributed by atoms with Crippen molar-refractivity contribution in [3.8, 4) is 5.75 Å². The van der Waals surface area contributed by atoms with Crippen LogP contribution in [0.1, 0.15) is 18.9 Å². The van der Waals surface area contributed by atoms with E-state index in [4.69, 9.17) is 9.84 Å². The van der Waals surface area contributed by atoms with E-state index in [1.165, 1.54) is 5.56 Å². The minimum Gasteiger partial charge on any atom is -0.497 e. The maximum atomic E-state index is 9.02. The average molecular weight is 246 g/mol. The number of hydrogen-bond acceptors (Lipinski definition) is 3. The minimum absolute atomic E-state index is 0. The second kappa shape index (κ2) is 8.39. The van der Waals surface area contributed by atoms with Gasteiger partial charge >= 0.3 is 0 Å². The molecule has 1 aromatic rings. The van der Waals surface area contributed by atoms with Crippen LogP contribution in [0, 0.1) is 0 Å². The van der Waals surface area contributed by atoms with Crippen molar-refractivity contribution >= 4 is 12.4 Å². The first-order valence-corrected chi connectivity index (χ1v) is 5.27. The van der Waals surface area contributed by atoms with Gasteiger partial charge in [-0.15, -0.1) is 12.4 Å². The zero-order valence-corrected chi connectivity index (χ0v) is 10.6. The molecule has 16 heavy (non-hydrogen) atoms. The van der Waals surface area contributed by atoms with Gasteiger partial charge in [-0.05, 0) is 24.1 Å². The zero-order valence-electron chi connectivity index (χ0n) is 9.77. The average Bonchev–Trinajstić information content (AvgIpc) is 2.31. The summed E-state index contributed by atoms with van der Waals surface area (Å²) in [5, 5.41) is 12.3. The van der Waals surface area contributed by atoms with Crippen LogP contribution in [0.2, 0.25) is 0 Å². The van der Waals surface area contributed by atoms with Gasteiger partial charge in [-0.3, -0.25) is 0 Å². The Hall–Kier alpha value is -0.770. The monoisotopic (exact) mass is 245 g/mol. The Bertz CT molecular complexity index is 290. The third-order valence-corrected chi connectivity index (χ3v) is 2.44. The summed E-state index contributed by atoms with van der Waals surface area (Å²) in [5.74, 6) is 0.867. The van der Waals surface area contributed by atoms with Gasteiger partial charge in [-0.1, -0.05) is 19.1 Å². The Balaban J connectivity index is 0.00000225. The van der Waals surface area contributed by atoms with E-state index in [1.807, 2.05) is 24.3 Å². The molecule has 4 heteroatoms. The standard InChI is InChI=1S/C12H19NO2.ClH/c1-3-11(9-14)13-8-10-5-4-6-12(7-10)15-2;/h4-7,11,13-14H,3,8-9H2,1-2H3;1H. The molecule has 0 heterocycles. The third-order valence-electron chi connectivity index (χ3n) is 2.44. The molecule has 0 aliphatic rings. The van der Waals surface area contributed by atoms with E-state index in [1.54, 1.807) is 7.11 Å².